The van der Waals surface area contributed by atoms with Gasteiger partial charge in [0.2, 0.25) is 5.91 Å². The summed E-state index contributed by atoms with van der Waals surface area (Å²) in [6.45, 7) is 4.80. The van der Waals surface area contributed by atoms with Crippen molar-refractivity contribution in [2.45, 2.75) is 26.7 Å². The monoisotopic (exact) mass is 437 g/mol. The number of rotatable bonds is 4. The molecule has 2 aromatic heterocycles. The molecule has 1 N–H and O–H groups in total. The molecule has 1 aliphatic heterocycles. The molecular weight excluding hydrogens is 414 g/mol. The predicted molar refractivity (Wildman–Crippen MR) is 120 cm³/mol. The third kappa shape index (κ3) is 4.61. The van der Waals surface area contributed by atoms with Gasteiger partial charge in [-0.3, -0.25) is 9.59 Å². The lowest BCUT2D eigenvalue weighted by Crippen LogP contribution is -2.41. The summed E-state index contributed by atoms with van der Waals surface area (Å²) in [5.74, 6) is 0.181. The summed E-state index contributed by atoms with van der Waals surface area (Å²) in [5, 5.41) is 7.68. The van der Waals surface area contributed by atoms with Gasteiger partial charge in [0.1, 0.15) is 5.69 Å². The van der Waals surface area contributed by atoms with Gasteiger partial charge in [0.15, 0.2) is 5.82 Å². The standard InChI is InChI=1S/C23H24ClN5O2/c1-15-14-16(2)29(27-15)20-9-8-19(24)21(26-20)23(31)28-12-10-17(11-13-28)22(30)25-18-6-4-3-5-7-18/h3-9,14,17H,10-13H2,1-2H3,(H,25,30). The van der Waals surface area contributed by atoms with Gasteiger partial charge in [-0.1, -0.05) is 29.8 Å². The van der Waals surface area contributed by atoms with Gasteiger partial charge in [-0.25, -0.2) is 9.67 Å². The summed E-state index contributed by atoms with van der Waals surface area (Å²) >= 11 is 6.31. The zero-order valence-corrected chi connectivity index (χ0v) is 18.3. The molecule has 0 aliphatic carbocycles. The van der Waals surface area contributed by atoms with Gasteiger partial charge >= 0.3 is 0 Å². The Morgan fingerprint density at radius 3 is 2.42 bits per heavy atom. The maximum atomic E-state index is 13.1. The molecule has 2 amide bonds. The van der Waals surface area contributed by atoms with Crippen LogP contribution >= 0.6 is 11.6 Å². The Kier molecular flexibility index (Phi) is 6.04. The van der Waals surface area contributed by atoms with E-state index in [1.165, 1.54) is 0 Å². The molecule has 8 heteroatoms. The number of nitrogens with one attached hydrogen (secondary N) is 1. The van der Waals surface area contributed by atoms with Crippen LogP contribution in [0.25, 0.3) is 5.82 Å². The molecule has 0 radical (unpaired) electrons. The Morgan fingerprint density at radius 1 is 1.06 bits per heavy atom. The molecule has 0 spiro atoms. The molecular formula is C23H24ClN5O2. The van der Waals surface area contributed by atoms with Crippen LogP contribution in [-0.2, 0) is 4.79 Å². The number of hydrogen-bond acceptors (Lipinski definition) is 4. The van der Waals surface area contributed by atoms with E-state index in [9.17, 15) is 9.59 Å². The zero-order chi connectivity index (χ0) is 22.0. The molecule has 1 aromatic carbocycles. The molecule has 0 unspecified atom stereocenters. The van der Waals surface area contributed by atoms with Gasteiger partial charge in [-0.05, 0) is 57.0 Å². The summed E-state index contributed by atoms with van der Waals surface area (Å²) in [6.07, 6.45) is 1.19. The maximum absolute atomic E-state index is 13.1. The van der Waals surface area contributed by atoms with Crippen LogP contribution in [0.1, 0.15) is 34.7 Å². The van der Waals surface area contributed by atoms with Gasteiger partial charge in [-0.15, -0.1) is 0 Å². The Labute approximate surface area is 186 Å². The molecule has 7 nitrogen and oxygen atoms in total. The Hall–Kier alpha value is -3.19. The number of hydrogen-bond donors (Lipinski definition) is 1. The molecule has 31 heavy (non-hydrogen) atoms. The van der Waals surface area contributed by atoms with E-state index >= 15 is 0 Å². The Balaban J connectivity index is 1.43. The number of benzene rings is 1. The molecule has 1 fully saturated rings. The van der Waals surface area contributed by atoms with Crippen molar-refractivity contribution in [1.82, 2.24) is 19.7 Å². The molecule has 0 saturated carbocycles. The highest BCUT2D eigenvalue weighted by Crippen LogP contribution is 2.24. The van der Waals surface area contributed by atoms with E-state index in [2.05, 4.69) is 15.4 Å². The van der Waals surface area contributed by atoms with E-state index in [-0.39, 0.29) is 23.4 Å². The molecule has 1 aliphatic rings. The quantitative estimate of drug-likeness (QED) is 0.668. The fourth-order valence-corrected chi connectivity index (χ4v) is 4.01. The number of amides is 2. The van der Waals surface area contributed by atoms with E-state index in [1.54, 1.807) is 21.7 Å². The lowest BCUT2D eigenvalue weighted by atomic mass is 9.95. The van der Waals surface area contributed by atoms with Crippen LogP contribution in [0.5, 0.6) is 0 Å². The molecule has 3 aromatic rings. The largest absolute Gasteiger partial charge is 0.337 e. The van der Waals surface area contributed by atoms with Crippen molar-refractivity contribution in [3.63, 3.8) is 0 Å². The summed E-state index contributed by atoms with van der Waals surface area (Å²) in [4.78, 5) is 31.9. The van der Waals surface area contributed by atoms with E-state index < -0.39 is 0 Å². The van der Waals surface area contributed by atoms with Gasteiger partial charge in [0, 0.05) is 30.4 Å². The number of halogens is 1. The highest BCUT2D eigenvalue weighted by atomic mass is 35.5. The molecule has 4 rings (SSSR count). The minimum Gasteiger partial charge on any atom is -0.337 e. The number of nitrogens with zero attached hydrogens (tertiary/aromatic N) is 4. The first-order valence-corrected chi connectivity index (χ1v) is 10.7. The van der Waals surface area contributed by atoms with Crippen LogP contribution in [0.15, 0.2) is 48.5 Å². The van der Waals surface area contributed by atoms with Crippen molar-refractivity contribution in [1.29, 1.82) is 0 Å². The van der Waals surface area contributed by atoms with Crippen LogP contribution in [0.2, 0.25) is 5.02 Å². The highest BCUT2D eigenvalue weighted by molar-refractivity contribution is 6.33. The average molecular weight is 438 g/mol. The van der Waals surface area contributed by atoms with Crippen molar-refractivity contribution in [3.05, 3.63) is 70.6 Å². The fraction of sp³-hybridized carbons (Fsp3) is 0.304. The number of carbonyl (C=O) groups excluding carboxylic acids is 2. The van der Waals surface area contributed by atoms with Crippen LogP contribution in [0.3, 0.4) is 0 Å². The van der Waals surface area contributed by atoms with Crippen molar-refractivity contribution in [2.24, 2.45) is 5.92 Å². The van der Waals surface area contributed by atoms with Gasteiger partial charge in [-0.2, -0.15) is 5.10 Å². The number of aryl methyl sites for hydroxylation is 2. The van der Waals surface area contributed by atoms with Crippen LogP contribution in [0, 0.1) is 19.8 Å². The van der Waals surface area contributed by atoms with Crippen molar-refractivity contribution in [2.75, 3.05) is 18.4 Å². The lowest BCUT2D eigenvalue weighted by molar-refractivity contribution is -0.121. The number of aromatic nitrogens is 3. The first-order chi connectivity index (χ1) is 14.9. The van der Waals surface area contributed by atoms with E-state index in [0.29, 0.717) is 36.8 Å². The first kappa shape index (κ1) is 21.1. The first-order valence-electron chi connectivity index (χ1n) is 10.3. The highest BCUT2D eigenvalue weighted by Gasteiger charge is 2.29. The Morgan fingerprint density at radius 2 is 1.77 bits per heavy atom. The second-order valence-electron chi connectivity index (χ2n) is 7.76. The molecule has 3 heterocycles. The van der Waals surface area contributed by atoms with Gasteiger partial charge in [0.25, 0.3) is 5.91 Å². The number of anilines is 1. The zero-order valence-electron chi connectivity index (χ0n) is 17.5. The number of carbonyl (C=O) groups is 2. The topological polar surface area (TPSA) is 80.1 Å². The van der Waals surface area contributed by atoms with Crippen molar-refractivity contribution >= 4 is 29.1 Å². The molecule has 0 atom stereocenters. The van der Waals surface area contributed by atoms with E-state index in [0.717, 1.165) is 17.1 Å². The minimum atomic E-state index is -0.227. The van der Waals surface area contributed by atoms with Gasteiger partial charge < -0.3 is 10.2 Å². The van der Waals surface area contributed by atoms with Crippen molar-refractivity contribution < 1.29 is 9.59 Å². The van der Waals surface area contributed by atoms with Gasteiger partial charge in [0.05, 0.1) is 10.7 Å². The molecule has 160 valence electrons. The van der Waals surface area contributed by atoms with Crippen LogP contribution in [0.4, 0.5) is 5.69 Å². The summed E-state index contributed by atoms with van der Waals surface area (Å²) < 4.78 is 1.70. The second kappa shape index (κ2) is 8.89. The van der Waals surface area contributed by atoms with Crippen molar-refractivity contribution in [3.8, 4) is 5.82 Å². The molecule has 0 bridgehead atoms. The Bertz CT molecular complexity index is 1100. The minimum absolute atomic E-state index is 0.0130. The van der Waals surface area contributed by atoms with Crippen LogP contribution < -0.4 is 5.32 Å². The third-order valence-corrected chi connectivity index (χ3v) is 5.76. The molecule has 1 saturated heterocycles. The third-order valence-electron chi connectivity index (χ3n) is 5.45. The lowest BCUT2D eigenvalue weighted by Gasteiger charge is -2.31. The SMILES string of the molecule is Cc1cc(C)n(-c2ccc(Cl)c(C(=O)N3CCC(C(=O)Nc4ccccc4)CC3)n2)n1. The fourth-order valence-electron chi connectivity index (χ4n) is 3.82. The normalized spacial score (nSPS) is 14.5. The van der Waals surface area contributed by atoms with E-state index in [1.807, 2.05) is 50.2 Å². The van der Waals surface area contributed by atoms with E-state index in [4.69, 9.17) is 11.6 Å². The number of piperidine rings is 1. The summed E-state index contributed by atoms with van der Waals surface area (Å²) in [6, 6.07) is 14.8. The second-order valence-corrected chi connectivity index (χ2v) is 8.17. The smallest absolute Gasteiger partial charge is 0.274 e. The number of pyridine rings is 1. The summed E-state index contributed by atoms with van der Waals surface area (Å²) in [5.41, 5.74) is 2.79. The predicted octanol–water partition coefficient (Wildman–Crippen LogP) is 4.03. The number of para-hydroxylation sites is 1. The maximum Gasteiger partial charge on any atom is 0.274 e. The summed E-state index contributed by atoms with van der Waals surface area (Å²) in [7, 11) is 0. The van der Waals surface area contributed by atoms with Crippen LogP contribution in [-0.4, -0.2) is 44.6 Å². The average Bonchev–Trinajstić information content (AvgIpc) is 3.12. The number of likely N-dealkylation sites (tertiary alicyclic amines) is 1.